The summed E-state index contributed by atoms with van der Waals surface area (Å²) in [6, 6.07) is 0. The third kappa shape index (κ3) is 4.71. The molecule has 1 aliphatic rings. The maximum Gasteiger partial charge on any atom is 0.0844 e. The van der Waals surface area contributed by atoms with Crippen LogP contribution in [0.4, 0.5) is 0 Å². The van der Waals surface area contributed by atoms with Gasteiger partial charge in [0.2, 0.25) is 0 Å². The van der Waals surface area contributed by atoms with Gasteiger partial charge in [0.1, 0.15) is 0 Å². The van der Waals surface area contributed by atoms with E-state index >= 15 is 0 Å². The van der Waals surface area contributed by atoms with Crippen LogP contribution in [-0.4, -0.2) is 31.7 Å². The lowest BCUT2D eigenvalue weighted by atomic mass is 9.84. The summed E-state index contributed by atoms with van der Waals surface area (Å²) in [5.41, 5.74) is 0.634. The van der Waals surface area contributed by atoms with Crippen molar-refractivity contribution in [2.24, 2.45) is 35.0 Å². The van der Waals surface area contributed by atoms with Crippen molar-refractivity contribution in [3.8, 4) is 0 Å². The van der Waals surface area contributed by atoms with Crippen molar-refractivity contribution in [2.45, 2.75) is 67.7 Å². The van der Waals surface area contributed by atoms with Crippen molar-refractivity contribution in [2.75, 3.05) is 27.2 Å². The fourth-order valence-electron chi connectivity index (χ4n) is 4.71. The normalized spacial score (nSPS) is 31.0. The van der Waals surface area contributed by atoms with E-state index in [1.54, 1.807) is 0 Å². The zero-order valence-corrected chi connectivity index (χ0v) is 16.4. The van der Waals surface area contributed by atoms with E-state index in [-0.39, 0.29) is 0 Å². The standard InChI is InChI=1S/C20H42N/c1-10-20(17(6)18(20)7)14-21(8,9)12-11-19(16(4)5)13-15(2)3/h15-19H,10-14H2,1-9H3/q+1. The zero-order valence-electron chi connectivity index (χ0n) is 16.4. The quantitative estimate of drug-likeness (QED) is 0.496. The van der Waals surface area contributed by atoms with Gasteiger partial charge in [-0.1, -0.05) is 48.5 Å². The van der Waals surface area contributed by atoms with Gasteiger partial charge in [0.25, 0.3) is 0 Å². The highest BCUT2D eigenvalue weighted by molar-refractivity contribution is 5.05. The van der Waals surface area contributed by atoms with E-state index in [1.165, 1.54) is 36.8 Å². The second-order valence-corrected chi connectivity index (χ2v) is 9.40. The summed E-state index contributed by atoms with van der Waals surface area (Å²) in [6.07, 6.45) is 4.14. The van der Waals surface area contributed by atoms with Gasteiger partial charge in [-0.15, -0.1) is 0 Å². The first-order valence-corrected chi connectivity index (χ1v) is 9.37. The molecule has 1 fully saturated rings. The molecule has 0 heterocycles. The summed E-state index contributed by atoms with van der Waals surface area (Å²) in [5.74, 6) is 4.41. The summed E-state index contributed by atoms with van der Waals surface area (Å²) in [7, 11) is 4.92. The molecule has 1 aliphatic carbocycles. The Morgan fingerprint density at radius 3 is 1.86 bits per heavy atom. The number of quaternary nitrogens is 1. The van der Waals surface area contributed by atoms with Gasteiger partial charge < -0.3 is 4.48 Å². The smallest absolute Gasteiger partial charge is 0.0844 e. The minimum absolute atomic E-state index is 0.634. The lowest BCUT2D eigenvalue weighted by Crippen LogP contribution is -2.46. The van der Waals surface area contributed by atoms with E-state index in [4.69, 9.17) is 0 Å². The molecule has 0 bridgehead atoms. The Kier molecular flexibility index (Phi) is 6.36. The second kappa shape index (κ2) is 7.02. The fraction of sp³-hybridized carbons (Fsp3) is 1.00. The number of hydrogen-bond acceptors (Lipinski definition) is 0. The SMILES string of the molecule is CCC1(C[N+](C)(C)CCC(CC(C)C)C(C)C)C(C)C1C. The van der Waals surface area contributed by atoms with Gasteiger partial charge in [-0.25, -0.2) is 0 Å². The Morgan fingerprint density at radius 1 is 1.00 bits per heavy atom. The Balaban J connectivity index is 2.55. The molecule has 0 saturated heterocycles. The average Bonchev–Trinajstić information content (AvgIpc) is 2.86. The summed E-state index contributed by atoms with van der Waals surface area (Å²) >= 11 is 0. The van der Waals surface area contributed by atoms with Gasteiger partial charge in [0.15, 0.2) is 0 Å². The molecule has 126 valence electrons. The minimum atomic E-state index is 0.634. The van der Waals surface area contributed by atoms with Crippen LogP contribution >= 0.6 is 0 Å². The molecule has 0 amide bonds. The molecule has 1 nitrogen and oxygen atoms in total. The van der Waals surface area contributed by atoms with E-state index in [2.05, 4.69) is 62.6 Å². The fourth-order valence-corrected chi connectivity index (χ4v) is 4.71. The number of rotatable bonds is 9. The van der Waals surface area contributed by atoms with Crippen LogP contribution < -0.4 is 0 Å². The van der Waals surface area contributed by atoms with Crippen molar-refractivity contribution in [3.63, 3.8) is 0 Å². The number of hydrogen-bond donors (Lipinski definition) is 0. The van der Waals surface area contributed by atoms with Crippen molar-refractivity contribution >= 4 is 0 Å². The predicted molar refractivity (Wildman–Crippen MR) is 95.3 cm³/mol. The maximum atomic E-state index is 2.46. The second-order valence-electron chi connectivity index (χ2n) is 9.40. The van der Waals surface area contributed by atoms with Crippen LogP contribution in [0.25, 0.3) is 0 Å². The molecule has 0 aliphatic heterocycles. The summed E-state index contributed by atoms with van der Waals surface area (Å²) in [4.78, 5) is 0. The van der Waals surface area contributed by atoms with E-state index < -0.39 is 0 Å². The van der Waals surface area contributed by atoms with Crippen molar-refractivity contribution in [3.05, 3.63) is 0 Å². The maximum absolute atomic E-state index is 2.46. The molecule has 1 saturated carbocycles. The minimum Gasteiger partial charge on any atom is -0.328 e. The van der Waals surface area contributed by atoms with Crippen LogP contribution in [0.3, 0.4) is 0 Å². The van der Waals surface area contributed by atoms with Crippen molar-refractivity contribution in [1.29, 1.82) is 0 Å². The Morgan fingerprint density at radius 2 is 1.52 bits per heavy atom. The van der Waals surface area contributed by atoms with E-state index in [0.717, 1.165) is 29.6 Å². The van der Waals surface area contributed by atoms with Gasteiger partial charge in [0.05, 0.1) is 27.2 Å². The highest BCUT2D eigenvalue weighted by atomic mass is 15.3. The van der Waals surface area contributed by atoms with Crippen LogP contribution in [0.1, 0.15) is 67.7 Å². The highest BCUT2D eigenvalue weighted by Gasteiger charge is 2.60. The first-order chi connectivity index (χ1) is 9.55. The topological polar surface area (TPSA) is 0 Å². The molecular weight excluding hydrogens is 254 g/mol. The van der Waals surface area contributed by atoms with Crippen LogP contribution in [0.15, 0.2) is 0 Å². The van der Waals surface area contributed by atoms with Gasteiger partial charge in [-0.2, -0.15) is 0 Å². The molecule has 1 heteroatoms. The van der Waals surface area contributed by atoms with Crippen molar-refractivity contribution < 1.29 is 4.48 Å². The molecule has 0 N–H and O–H groups in total. The van der Waals surface area contributed by atoms with Crippen LogP contribution in [0.2, 0.25) is 0 Å². The van der Waals surface area contributed by atoms with E-state index in [9.17, 15) is 0 Å². The summed E-state index contributed by atoms with van der Waals surface area (Å²) < 4.78 is 1.21. The molecule has 0 radical (unpaired) electrons. The highest BCUT2D eigenvalue weighted by Crippen LogP contribution is 2.61. The average molecular weight is 297 g/mol. The zero-order chi connectivity index (χ0) is 16.4. The molecule has 21 heavy (non-hydrogen) atoms. The van der Waals surface area contributed by atoms with E-state index in [1.807, 2.05) is 0 Å². The molecule has 0 aromatic rings. The molecule has 3 atom stereocenters. The first kappa shape index (κ1) is 19.0. The monoisotopic (exact) mass is 296 g/mol. The first-order valence-electron chi connectivity index (χ1n) is 9.37. The third-order valence-electron chi connectivity index (χ3n) is 6.66. The van der Waals surface area contributed by atoms with E-state index in [0.29, 0.717) is 5.41 Å². The Labute approximate surface area is 135 Å². The summed E-state index contributed by atoms with van der Waals surface area (Å²) in [6.45, 7) is 19.6. The van der Waals surface area contributed by atoms with Crippen LogP contribution in [0.5, 0.6) is 0 Å². The predicted octanol–water partition coefficient (Wildman–Crippen LogP) is 5.45. The largest absolute Gasteiger partial charge is 0.328 e. The molecule has 3 unspecified atom stereocenters. The van der Waals surface area contributed by atoms with Gasteiger partial charge in [0, 0.05) is 5.41 Å². The Bertz CT molecular complexity index is 308. The molecule has 0 spiro atoms. The lowest BCUT2D eigenvalue weighted by molar-refractivity contribution is -0.896. The molecule has 1 rings (SSSR count). The van der Waals surface area contributed by atoms with Gasteiger partial charge >= 0.3 is 0 Å². The lowest BCUT2D eigenvalue weighted by Gasteiger charge is -2.36. The summed E-state index contributed by atoms with van der Waals surface area (Å²) in [5, 5.41) is 0. The molecule has 0 aromatic heterocycles. The van der Waals surface area contributed by atoms with Gasteiger partial charge in [-0.3, -0.25) is 0 Å². The van der Waals surface area contributed by atoms with Gasteiger partial charge in [-0.05, 0) is 48.9 Å². The molecular formula is C20H42N+. The third-order valence-corrected chi connectivity index (χ3v) is 6.66. The molecule has 0 aromatic carbocycles. The Hall–Kier alpha value is -0.0400. The van der Waals surface area contributed by atoms with Crippen molar-refractivity contribution in [1.82, 2.24) is 0 Å². The number of nitrogens with zero attached hydrogens (tertiary/aromatic N) is 1. The van der Waals surface area contributed by atoms with Crippen LogP contribution in [-0.2, 0) is 0 Å². The van der Waals surface area contributed by atoms with Crippen LogP contribution in [0, 0.1) is 35.0 Å².